The molecule has 2 aromatic carbocycles. The van der Waals surface area contributed by atoms with Gasteiger partial charge in [0.2, 0.25) is 0 Å². The minimum absolute atomic E-state index is 0.0306. The molecule has 0 aliphatic rings. The number of hydrogen-bond acceptors (Lipinski definition) is 4. The molecule has 0 bridgehead atoms. The van der Waals surface area contributed by atoms with E-state index in [-0.39, 0.29) is 34.6 Å². The van der Waals surface area contributed by atoms with Crippen LogP contribution in [-0.2, 0) is 12.7 Å². The summed E-state index contributed by atoms with van der Waals surface area (Å²) in [5.74, 6) is -5.40. The van der Waals surface area contributed by atoms with Gasteiger partial charge in [0, 0.05) is 17.1 Å². The van der Waals surface area contributed by atoms with E-state index in [1.54, 1.807) is 0 Å². The quantitative estimate of drug-likeness (QED) is 0.358. The summed E-state index contributed by atoms with van der Waals surface area (Å²) < 4.78 is 85.6. The second-order valence-corrected chi connectivity index (χ2v) is 8.12. The Bertz CT molecular complexity index is 1040. The van der Waals surface area contributed by atoms with E-state index in [0.29, 0.717) is 9.34 Å². The molecule has 154 valence electrons. The van der Waals surface area contributed by atoms with Gasteiger partial charge in [-0.1, -0.05) is 11.6 Å². The highest BCUT2D eigenvalue weighted by Gasteiger charge is 2.33. The zero-order chi connectivity index (χ0) is 21.3. The monoisotopic (exact) mass is 516 g/mol. The Morgan fingerprint density at radius 3 is 2.28 bits per heavy atom. The minimum atomic E-state index is -4.94. The van der Waals surface area contributed by atoms with Gasteiger partial charge in [-0.2, -0.15) is 13.2 Å². The van der Waals surface area contributed by atoms with Gasteiger partial charge in [0.1, 0.15) is 5.82 Å². The summed E-state index contributed by atoms with van der Waals surface area (Å²) in [5.41, 5.74) is -1.39. The van der Waals surface area contributed by atoms with Crippen molar-refractivity contribution in [2.45, 2.75) is 12.7 Å². The number of alkyl halides is 3. The summed E-state index contributed by atoms with van der Waals surface area (Å²) in [4.78, 5) is 4.56. The van der Waals surface area contributed by atoms with Gasteiger partial charge in [0.15, 0.2) is 27.6 Å². The van der Waals surface area contributed by atoms with E-state index in [2.05, 4.69) is 26.2 Å². The zero-order valence-corrected chi connectivity index (χ0v) is 17.0. The lowest BCUT2D eigenvalue weighted by molar-refractivity contribution is -0.138. The van der Waals surface area contributed by atoms with Gasteiger partial charge in [0.05, 0.1) is 22.3 Å². The molecule has 0 spiro atoms. The molecule has 0 aliphatic carbocycles. The Kier molecular flexibility index (Phi) is 6.30. The maximum atomic E-state index is 14.1. The minimum Gasteiger partial charge on any atom is -0.449 e. The van der Waals surface area contributed by atoms with Crippen LogP contribution in [0.2, 0.25) is 4.47 Å². The van der Waals surface area contributed by atoms with Crippen LogP contribution in [0.4, 0.5) is 32.0 Å². The lowest BCUT2D eigenvalue weighted by Gasteiger charge is -2.15. The summed E-state index contributed by atoms with van der Waals surface area (Å²) in [6, 6.07) is 2.29. The van der Waals surface area contributed by atoms with Crippen molar-refractivity contribution in [1.82, 2.24) is 4.98 Å². The first kappa shape index (κ1) is 21.7. The van der Waals surface area contributed by atoms with Crippen LogP contribution in [-0.4, -0.2) is 4.98 Å². The number of anilines is 1. The summed E-state index contributed by atoms with van der Waals surface area (Å²) in [5, 5.41) is 2.87. The van der Waals surface area contributed by atoms with Gasteiger partial charge in [-0.05, 0) is 34.1 Å². The second-order valence-electron chi connectivity index (χ2n) is 5.56. The van der Waals surface area contributed by atoms with Crippen LogP contribution >= 0.6 is 38.9 Å². The number of hydrogen-bond donors (Lipinski definition) is 1. The van der Waals surface area contributed by atoms with E-state index >= 15 is 0 Å². The summed E-state index contributed by atoms with van der Waals surface area (Å²) in [6.45, 7) is 0.177. The number of nitrogens with zero attached hydrogens (tertiary/aromatic N) is 1. The first-order valence-corrected chi connectivity index (χ1v) is 9.60. The van der Waals surface area contributed by atoms with Crippen molar-refractivity contribution in [1.29, 1.82) is 0 Å². The molecule has 0 radical (unpaired) electrons. The molecule has 3 rings (SSSR count). The standard InChI is InChI=1S/C17H8BrClF6N2OS/c18-9-3-13(26-5-8-6-27-16(19)29-8)14(4-10(9)20)28-15-11(21)1-7(2-12(15)22)17(23,24)25/h1-4,6,26H,5H2. The van der Waals surface area contributed by atoms with E-state index in [9.17, 15) is 26.3 Å². The maximum absolute atomic E-state index is 14.1. The van der Waals surface area contributed by atoms with Crippen molar-refractivity contribution in [3.63, 3.8) is 0 Å². The van der Waals surface area contributed by atoms with Crippen LogP contribution in [0.1, 0.15) is 10.4 Å². The molecule has 1 heterocycles. The van der Waals surface area contributed by atoms with Crippen molar-refractivity contribution in [3.05, 3.63) is 67.3 Å². The third kappa shape index (κ3) is 5.14. The van der Waals surface area contributed by atoms with E-state index in [4.69, 9.17) is 16.3 Å². The van der Waals surface area contributed by atoms with Crippen LogP contribution in [0.25, 0.3) is 0 Å². The van der Waals surface area contributed by atoms with Crippen molar-refractivity contribution < 1.29 is 31.1 Å². The van der Waals surface area contributed by atoms with Crippen molar-refractivity contribution >= 4 is 44.6 Å². The molecule has 0 amide bonds. The molecule has 0 unspecified atom stereocenters. The molecular weight excluding hydrogens is 510 g/mol. The molecule has 12 heteroatoms. The summed E-state index contributed by atoms with van der Waals surface area (Å²) >= 11 is 9.89. The first-order chi connectivity index (χ1) is 13.5. The lowest BCUT2D eigenvalue weighted by Crippen LogP contribution is -2.07. The number of nitrogens with one attached hydrogen (secondary N) is 1. The molecule has 0 saturated heterocycles. The Labute approximate surface area is 177 Å². The van der Waals surface area contributed by atoms with Gasteiger partial charge < -0.3 is 10.1 Å². The Hall–Kier alpha value is -1.98. The van der Waals surface area contributed by atoms with Crippen molar-refractivity contribution in [2.75, 3.05) is 5.32 Å². The number of benzene rings is 2. The highest BCUT2D eigenvalue weighted by atomic mass is 79.9. The fourth-order valence-corrected chi connectivity index (χ4v) is 3.49. The van der Waals surface area contributed by atoms with Gasteiger partial charge in [-0.15, -0.1) is 11.3 Å². The van der Waals surface area contributed by atoms with Gasteiger partial charge in [-0.3, -0.25) is 0 Å². The Morgan fingerprint density at radius 1 is 1.07 bits per heavy atom. The normalized spacial score (nSPS) is 11.6. The average Bonchev–Trinajstić information content (AvgIpc) is 3.04. The predicted molar refractivity (Wildman–Crippen MR) is 100.0 cm³/mol. The molecule has 0 atom stereocenters. The number of halogens is 8. The number of aromatic nitrogens is 1. The number of thiazole rings is 1. The molecule has 0 saturated carbocycles. The largest absolute Gasteiger partial charge is 0.449 e. The summed E-state index contributed by atoms with van der Waals surface area (Å²) in [7, 11) is 0. The van der Waals surface area contributed by atoms with Crippen molar-refractivity contribution in [3.8, 4) is 11.5 Å². The molecule has 0 aliphatic heterocycles. The molecule has 0 fully saturated rings. The summed E-state index contributed by atoms with van der Waals surface area (Å²) in [6.07, 6.45) is -3.44. The zero-order valence-electron chi connectivity index (χ0n) is 13.9. The number of rotatable bonds is 5. The maximum Gasteiger partial charge on any atom is 0.416 e. The highest BCUT2D eigenvalue weighted by molar-refractivity contribution is 9.10. The Balaban J connectivity index is 1.93. The van der Waals surface area contributed by atoms with E-state index < -0.39 is 34.9 Å². The van der Waals surface area contributed by atoms with Crippen LogP contribution in [0.15, 0.2) is 34.9 Å². The second kappa shape index (κ2) is 8.41. The number of ether oxygens (including phenoxy) is 1. The predicted octanol–water partition coefficient (Wildman–Crippen LogP) is 7.40. The topological polar surface area (TPSA) is 34.1 Å². The first-order valence-electron chi connectivity index (χ1n) is 7.62. The molecule has 1 N–H and O–H groups in total. The van der Waals surface area contributed by atoms with Gasteiger partial charge in [0.25, 0.3) is 0 Å². The third-order valence-corrected chi connectivity index (χ3v) is 5.26. The molecule has 29 heavy (non-hydrogen) atoms. The third-order valence-electron chi connectivity index (χ3n) is 3.54. The lowest BCUT2D eigenvalue weighted by atomic mass is 10.2. The van der Waals surface area contributed by atoms with E-state index in [0.717, 1.165) is 6.07 Å². The Morgan fingerprint density at radius 2 is 1.72 bits per heavy atom. The van der Waals surface area contributed by atoms with Gasteiger partial charge >= 0.3 is 6.18 Å². The SMILES string of the molecule is Fc1cc(Oc2c(F)cc(C(F)(F)F)cc2F)c(NCc2cnc(Cl)s2)cc1Br. The van der Waals surface area contributed by atoms with Crippen LogP contribution in [0, 0.1) is 17.5 Å². The highest BCUT2D eigenvalue weighted by Crippen LogP contribution is 2.39. The fourth-order valence-electron chi connectivity index (χ4n) is 2.23. The van der Waals surface area contributed by atoms with E-state index in [1.807, 2.05) is 0 Å². The molecule has 3 nitrogen and oxygen atoms in total. The smallest absolute Gasteiger partial charge is 0.416 e. The van der Waals surface area contributed by atoms with Gasteiger partial charge in [-0.25, -0.2) is 18.2 Å². The molecular formula is C17H8BrClF6N2OS. The molecule has 3 aromatic rings. The van der Waals surface area contributed by atoms with Crippen LogP contribution < -0.4 is 10.1 Å². The van der Waals surface area contributed by atoms with Crippen LogP contribution in [0.5, 0.6) is 11.5 Å². The van der Waals surface area contributed by atoms with Crippen LogP contribution in [0.3, 0.4) is 0 Å². The molecule has 1 aromatic heterocycles. The van der Waals surface area contributed by atoms with Crippen molar-refractivity contribution in [2.24, 2.45) is 0 Å². The average molecular weight is 518 g/mol. The fraction of sp³-hybridized carbons (Fsp3) is 0.118. The van der Waals surface area contributed by atoms with E-state index in [1.165, 1.54) is 23.6 Å².